The molecule has 0 radical (unpaired) electrons. The molecule has 90 valence electrons. The molecule has 1 N–H and O–H groups in total. The average molecular weight is 227 g/mol. The Balaban J connectivity index is 4.43. The highest BCUT2D eigenvalue weighted by Crippen LogP contribution is 2.08. The third kappa shape index (κ3) is 6.06. The maximum atomic E-state index is 11.0. The first-order valence-corrected chi connectivity index (χ1v) is 5.22. The standard InChI is InChI=1S/C10H17N3O3/c1-3-5-9(14)8(12-13-11)6-7-10(15)16-4-2/h6-9,14H,3-5H2,1-2H3/b7-6+/t8-,9-/m1/s1. The third-order valence-electron chi connectivity index (χ3n) is 1.88. The van der Waals surface area contributed by atoms with Gasteiger partial charge in [0.2, 0.25) is 0 Å². The van der Waals surface area contributed by atoms with Crippen LogP contribution in [0.15, 0.2) is 17.3 Å². The van der Waals surface area contributed by atoms with Crippen molar-refractivity contribution in [2.45, 2.75) is 38.8 Å². The van der Waals surface area contributed by atoms with Gasteiger partial charge in [-0.3, -0.25) is 0 Å². The lowest BCUT2D eigenvalue weighted by Crippen LogP contribution is -2.21. The Morgan fingerprint density at radius 1 is 1.62 bits per heavy atom. The van der Waals surface area contributed by atoms with Crippen LogP contribution >= 0.6 is 0 Å². The Kier molecular flexibility index (Phi) is 7.93. The van der Waals surface area contributed by atoms with E-state index in [9.17, 15) is 9.90 Å². The second kappa shape index (κ2) is 8.76. The monoisotopic (exact) mass is 227 g/mol. The van der Waals surface area contributed by atoms with Gasteiger partial charge >= 0.3 is 5.97 Å². The first-order chi connectivity index (χ1) is 7.65. The molecule has 0 aliphatic heterocycles. The van der Waals surface area contributed by atoms with Crippen molar-refractivity contribution in [2.75, 3.05) is 6.61 Å². The summed E-state index contributed by atoms with van der Waals surface area (Å²) in [6.45, 7) is 3.89. The van der Waals surface area contributed by atoms with Crippen molar-refractivity contribution in [3.05, 3.63) is 22.6 Å². The maximum absolute atomic E-state index is 11.0. The number of ether oxygens (including phenoxy) is 1. The zero-order valence-corrected chi connectivity index (χ0v) is 9.54. The predicted molar refractivity (Wildman–Crippen MR) is 59.6 cm³/mol. The number of carbonyl (C=O) groups excluding carboxylic acids is 1. The lowest BCUT2D eigenvalue weighted by atomic mass is 10.1. The van der Waals surface area contributed by atoms with Crippen molar-refractivity contribution in [3.8, 4) is 0 Å². The highest BCUT2D eigenvalue weighted by molar-refractivity contribution is 5.82. The summed E-state index contributed by atoms with van der Waals surface area (Å²) in [5.74, 6) is -0.510. The van der Waals surface area contributed by atoms with Crippen LogP contribution in [0, 0.1) is 0 Å². The van der Waals surface area contributed by atoms with E-state index in [1.54, 1.807) is 6.92 Å². The molecule has 0 aromatic carbocycles. The van der Waals surface area contributed by atoms with Crippen molar-refractivity contribution in [1.29, 1.82) is 0 Å². The molecule has 0 amide bonds. The number of nitrogens with zero attached hydrogens (tertiary/aromatic N) is 3. The van der Waals surface area contributed by atoms with Gasteiger partial charge in [-0.1, -0.05) is 24.5 Å². The second-order valence-corrected chi connectivity index (χ2v) is 3.16. The van der Waals surface area contributed by atoms with Gasteiger partial charge in [0.25, 0.3) is 0 Å². The van der Waals surface area contributed by atoms with Crippen LogP contribution in [0.2, 0.25) is 0 Å². The molecule has 0 saturated heterocycles. The van der Waals surface area contributed by atoms with E-state index < -0.39 is 18.1 Å². The van der Waals surface area contributed by atoms with Crippen molar-refractivity contribution in [1.82, 2.24) is 0 Å². The van der Waals surface area contributed by atoms with Crippen LogP contribution in [0.25, 0.3) is 10.4 Å². The predicted octanol–water partition coefficient (Wildman–Crippen LogP) is 1.95. The minimum absolute atomic E-state index is 0.285. The average Bonchev–Trinajstić information content (AvgIpc) is 2.24. The lowest BCUT2D eigenvalue weighted by molar-refractivity contribution is -0.137. The van der Waals surface area contributed by atoms with Crippen LogP contribution in [-0.2, 0) is 9.53 Å². The van der Waals surface area contributed by atoms with Crippen molar-refractivity contribution in [3.63, 3.8) is 0 Å². The largest absolute Gasteiger partial charge is 0.463 e. The molecular formula is C10H17N3O3. The molecule has 0 aromatic rings. The molecule has 2 atom stereocenters. The van der Waals surface area contributed by atoms with Crippen LogP contribution in [-0.4, -0.2) is 29.8 Å². The first kappa shape index (κ1) is 14.5. The fourth-order valence-corrected chi connectivity index (χ4v) is 1.14. The van der Waals surface area contributed by atoms with Gasteiger partial charge in [0, 0.05) is 11.0 Å². The molecule has 0 bridgehead atoms. The van der Waals surface area contributed by atoms with E-state index in [-0.39, 0.29) is 6.61 Å². The molecule has 6 heteroatoms. The molecule has 0 unspecified atom stereocenters. The second-order valence-electron chi connectivity index (χ2n) is 3.16. The number of aliphatic hydroxyl groups is 1. The molecule has 0 fully saturated rings. The quantitative estimate of drug-likeness (QED) is 0.237. The van der Waals surface area contributed by atoms with Crippen molar-refractivity contribution >= 4 is 5.97 Å². The minimum Gasteiger partial charge on any atom is -0.463 e. The molecule has 0 aliphatic rings. The van der Waals surface area contributed by atoms with Crippen LogP contribution in [0.1, 0.15) is 26.7 Å². The van der Waals surface area contributed by atoms with Crippen LogP contribution in [0.5, 0.6) is 0 Å². The lowest BCUT2D eigenvalue weighted by Gasteiger charge is -2.13. The fourth-order valence-electron chi connectivity index (χ4n) is 1.14. The number of hydrogen-bond acceptors (Lipinski definition) is 4. The van der Waals surface area contributed by atoms with E-state index in [0.717, 1.165) is 6.42 Å². The zero-order chi connectivity index (χ0) is 12.4. The molecule has 0 rings (SSSR count). The van der Waals surface area contributed by atoms with Gasteiger partial charge in [-0.25, -0.2) is 4.79 Å². The van der Waals surface area contributed by atoms with Gasteiger partial charge in [0.15, 0.2) is 0 Å². The van der Waals surface area contributed by atoms with E-state index in [1.165, 1.54) is 12.2 Å². The Morgan fingerprint density at radius 3 is 2.81 bits per heavy atom. The molecule has 0 saturated carbocycles. The summed E-state index contributed by atoms with van der Waals surface area (Å²) in [5.41, 5.74) is 8.32. The van der Waals surface area contributed by atoms with Crippen molar-refractivity contribution < 1.29 is 14.6 Å². The molecule has 6 nitrogen and oxygen atoms in total. The number of azide groups is 1. The molecular weight excluding hydrogens is 210 g/mol. The van der Waals surface area contributed by atoms with Crippen LogP contribution < -0.4 is 0 Å². The van der Waals surface area contributed by atoms with Gasteiger partial charge < -0.3 is 9.84 Å². The molecule has 0 aromatic heterocycles. The summed E-state index contributed by atoms with van der Waals surface area (Å²) in [7, 11) is 0. The van der Waals surface area contributed by atoms with Gasteiger partial charge in [0.1, 0.15) is 0 Å². The van der Waals surface area contributed by atoms with Gasteiger partial charge in [-0.15, -0.1) is 0 Å². The van der Waals surface area contributed by atoms with Crippen LogP contribution in [0.4, 0.5) is 0 Å². The van der Waals surface area contributed by atoms with E-state index in [0.29, 0.717) is 6.42 Å². The summed E-state index contributed by atoms with van der Waals surface area (Å²) < 4.78 is 4.67. The summed E-state index contributed by atoms with van der Waals surface area (Å²) >= 11 is 0. The highest BCUT2D eigenvalue weighted by Gasteiger charge is 2.14. The molecule has 0 spiro atoms. The zero-order valence-electron chi connectivity index (χ0n) is 9.54. The summed E-state index contributed by atoms with van der Waals surface area (Å²) in [6.07, 6.45) is 3.04. The van der Waals surface area contributed by atoms with Gasteiger partial charge in [-0.2, -0.15) is 0 Å². The molecule has 0 aliphatic carbocycles. The summed E-state index contributed by atoms with van der Waals surface area (Å²) in [6, 6.07) is -0.727. The Hall–Kier alpha value is -1.52. The van der Waals surface area contributed by atoms with E-state index >= 15 is 0 Å². The van der Waals surface area contributed by atoms with E-state index in [4.69, 9.17) is 5.53 Å². The fraction of sp³-hybridized carbons (Fsp3) is 0.700. The van der Waals surface area contributed by atoms with Crippen LogP contribution in [0.3, 0.4) is 0 Å². The Bertz CT molecular complexity index is 285. The smallest absolute Gasteiger partial charge is 0.330 e. The van der Waals surface area contributed by atoms with Gasteiger partial charge in [0.05, 0.1) is 18.8 Å². The normalized spacial score (nSPS) is 14.2. The van der Waals surface area contributed by atoms with E-state index in [2.05, 4.69) is 14.8 Å². The minimum atomic E-state index is -0.772. The molecule has 0 heterocycles. The SMILES string of the molecule is CCC[C@@H](O)[C@@H](/C=C/C(=O)OCC)N=[N+]=[N-]. The number of carbonyl (C=O) groups is 1. The highest BCUT2D eigenvalue weighted by atomic mass is 16.5. The van der Waals surface area contributed by atoms with E-state index in [1.807, 2.05) is 6.92 Å². The van der Waals surface area contributed by atoms with Crippen molar-refractivity contribution in [2.24, 2.45) is 5.11 Å². The molecule has 16 heavy (non-hydrogen) atoms. The first-order valence-electron chi connectivity index (χ1n) is 5.22. The summed E-state index contributed by atoms with van der Waals surface area (Å²) in [5, 5.41) is 13.0. The summed E-state index contributed by atoms with van der Waals surface area (Å²) in [4.78, 5) is 13.6. The number of rotatable bonds is 7. The Labute approximate surface area is 94.5 Å². The Morgan fingerprint density at radius 2 is 2.31 bits per heavy atom. The maximum Gasteiger partial charge on any atom is 0.330 e. The number of esters is 1. The van der Waals surface area contributed by atoms with Gasteiger partial charge in [-0.05, 0) is 18.9 Å². The topological polar surface area (TPSA) is 95.3 Å². The number of aliphatic hydroxyl groups excluding tert-OH is 1. The number of hydrogen-bond donors (Lipinski definition) is 1. The third-order valence-corrected chi connectivity index (χ3v) is 1.88.